The second kappa shape index (κ2) is 8.16. The average Bonchev–Trinajstić information content (AvgIpc) is 2.57. The predicted molar refractivity (Wildman–Crippen MR) is 103 cm³/mol. The van der Waals surface area contributed by atoms with E-state index in [0.29, 0.717) is 30.1 Å². The van der Waals surface area contributed by atoms with Crippen molar-refractivity contribution >= 4 is 27.5 Å². The molecule has 0 fully saturated rings. The molecule has 0 aromatic heterocycles. The molecule has 0 saturated carbocycles. The molecule has 9 heteroatoms. The zero-order valence-corrected chi connectivity index (χ0v) is 17.2. The summed E-state index contributed by atoms with van der Waals surface area (Å²) in [5.74, 6) is 0.374. The van der Waals surface area contributed by atoms with Crippen molar-refractivity contribution in [2.75, 3.05) is 38.2 Å². The van der Waals surface area contributed by atoms with E-state index in [2.05, 4.69) is 4.72 Å². The van der Waals surface area contributed by atoms with Crippen molar-refractivity contribution in [3.63, 3.8) is 0 Å². The molecular formula is C18H27N3O5S. The monoisotopic (exact) mass is 397 g/mol. The summed E-state index contributed by atoms with van der Waals surface area (Å²) in [5, 5.41) is 0. The minimum atomic E-state index is -3.43. The Labute approximate surface area is 160 Å². The van der Waals surface area contributed by atoms with Gasteiger partial charge in [-0.1, -0.05) is 6.92 Å². The Kier molecular flexibility index (Phi) is 6.35. The Morgan fingerprint density at radius 2 is 2.07 bits per heavy atom. The molecule has 1 heterocycles. The fourth-order valence-corrected chi connectivity index (χ4v) is 3.51. The number of sulfonamides is 1. The van der Waals surface area contributed by atoms with Crippen molar-refractivity contribution in [2.24, 2.45) is 5.92 Å². The molecule has 0 unspecified atom stereocenters. The van der Waals surface area contributed by atoms with E-state index in [1.807, 2.05) is 6.92 Å². The molecule has 0 radical (unpaired) electrons. The smallest absolute Gasteiger partial charge is 0.229 e. The van der Waals surface area contributed by atoms with Crippen LogP contribution in [0.1, 0.15) is 19.4 Å². The summed E-state index contributed by atoms with van der Waals surface area (Å²) in [7, 11) is 0.0118. The summed E-state index contributed by atoms with van der Waals surface area (Å²) in [5.41, 5.74) is 0.977. The fourth-order valence-electron chi connectivity index (χ4n) is 2.95. The Morgan fingerprint density at radius 1 is 1.41 bits per heavy atom. The van der Waals surface area contributed by atoms with Gasteiger partial charge in [0, 0.05) is 44.7 Å². The molecular weight excluding hydrogens is 370 g/mol. The number of ether oxygens (including phenoxy) is 1. The molecule has 1 N–H and O–H groups in total. The standard InChI is InChI=1S/C18H27N3O5S/c1-12-10-21(4)18(23)9-14-8-15(19-27(5,24)25)6-7-16(14)26-17(12)11-20(3)13(2)22/h6-8,12,17,19H,9-11H2,1-5H3/t12-,17-/m1/s1. The lowest BCUT2D eigenvalue weighted by Gasteiger charge is -2.30. The number of anilines is 1. The van der Waals surface area contributed by atoms with E-state index in [1.165, 1.54) is 6.92 Å². The number of carbonyl (C=O) groups is 2. The maximum atomic E-state index is 12.5. The van der Waals surface area contributed by atoms with Crippen LogP contribution in [0.25, 0.3) is 0 Å². The molecule has 0 bridgehead atoms. The van der Waals surface area contributed by atoms with E-state index >= 15 is 0 Å². The predicted octanol–water partition coefficient (Wildman–Crippen LogP) is 0.934. The highest BCUT2D eigenvalue weighted by atomic mass is 32.2. The maximum Gasteiger partial charge on any atom is 0.229 e. The normalized spacial score (nSPS) is 20.6. The molecule has 8 nitrogen and oxygen atoms in total. The van der Waals surface area contributed by atoms with Gasteiger partial charge in [0.15, 0.2) is 0 Å². The van der Waals surface area contributed by atoms with Crippen LogP contribution in [0.15, 0.2) is 18.2 Å². The highest BCUT2D eigenvalue weighted by Gasteiger charge is 2.28. The van der Waals surface area contributed by atoms with Crippen molar-refractivity contribution in [1.82, 2.24) is 9.80 Å². The molecule has 0 aliphatic carbocycles. The van der Waals surface area contributed by atoms with Gasteiger partial charge < -0.3 is 14.5 Å². The lowest BCUT2D eigenvalue weighted by Crippen LogP contribution is -2.43. The van der Waals surface area contributed by atoms with Gasteiger partial charge >= 0.3 is 0 Å². The summed E-state index contributed by atoms with van der Waals surface area (Å²) in [4.78, 5) is 27.4. The van der Waals surface area contributed by atoms with Gasteiger partial charge in [-0.25, -0.2) is 8.42 Å². The lowest BCUT2D eigenvalue weighted by molar-refractivity contribution is -0.131. The molecule has 1 aromatic carbocycles. The number of likely N-dealkylation sites (N-methyl/N-ethyl adjacent to an activating group) is 2. The van der Waals surface area contributed by atoms with E-state index < -0.39 is 10.0 Å². The maximum absolute atomic E-state index is 12.5. The molecule has 150 valence electrons. The van der Waals surface area contributed by atoms with Crippen LogP contribution < -0.4 is 9.46 Å². The average molecular weight is 397 g/mol. The van der Waals surface area contributed by atoms with Gasteiger partial charge in [-0.3, -0.25) is 14.3 Å². The summed E-state index contributed by atoms with van der Waals surface area (Å²) < 4.78 is 31.6. The first-order valence-electron chi connectivity index (χ1n) is 8.69. The number of hydrogen-bond acceptors (Lipinski definition) is 5. The molecule has 27 heavy (non-hydrogen) atoms. The molecule has 0 spiro atoms. The van der Waals surface area contributed by atoms with Crippen molar-refractivity contribution in [1.29, 1.82) is 0 Å². The van der Waals surface area contributed by atoms with Crippen molar-refractivity contribution in [3.05, 3.63) is 23.8 Å². The van der Waals surface area contributed by atoms with E-state index in [4.69, 9.17) is 4.74 Å². The van der Waals surface area contributed by atoms with E-state index in [-0.39, 0.29) is 30.3 Å². The topological polar surface area (TPSA) is 96.0 Å². The Hall–Kier alpha value is -2.29. The quantitative estimate of drug-likeness (QED) is 0.816. The van der Waals surface area contributed by atoms with Crippen molar-refractivity contribution in [2.45, 2.75) is 26.4 Å². The number of carbonyl (C=O) groups excluding carboxylic acids is 2. The first kappa shape index (κ1) is 21.0. The Bertz CT molecular complexity index is 824. The van der Waals surface area contributed by atoms with E-state index in [1.54, 1.807) is 42.1 Å². The third kappa shape index (κ3) is 5.85. The Morgan fingerprint density at radius 3 is 2.67 bits per heavy atom. The minimum absolute atomic E-state index is 0.000483. The zero-order chi connectivity index (χ0) is 20.4. The first-order chi connectivity index (χ1) is 12.5. The van der Waals surface area contributed by atoms with Gasteiger partial charge in [0.2, 0.25) is 21.8 Å². The summed E-state index contributed by atoms with van der Waals surface area (Å²) >= 11 is 0. The second-order valence-electron chi connectivity index (χ2n) is 7.18. The molecule has 2 rings (SSSR count). The minimum Gasteiger partial charge on any atom is -0.488 e. The van der Waals surface area contributed by atoms with Crippen LogP contribution in [0.2, 0.25) is 0 Å². The second-order valence-corrected chi connectivity index (χ2v) is 8.93. The van der Waals surface area contributed by atoms with Gasteiger partial charge in [-0.05, 0) is 18.2 Å². The summed E-state index contributed by atoms with van der Waals surface area (Å²) in [6, 6.07) is 4.88. The molecule has 1 aromatic rings. The SMILES string of the molecule is CC(=O)N(C)C[C@H]1Oc2ccc(NS(C)(=O)=O)cc2CC(=O)N(C)C[C@H]1C. The van der Waals surface area contributed by atoms with E-state index in [9.17, 15) is 18.0 Å². The number of nitrogens with zero attached hydrogens (tertiary/aromatic N) is 2. The first-order valence-corrected chi connectivity index (χ1v) is 10.6. The third-order valence-electron chi connectivity index (χ3n) is 4.60. The highest BCUT2D eigenvalue weighted by molar-refractivity contribution is 7.92. The van der Waals surface area contributed by atoms with Crippen molar-refractivity contribution < 1.29 is 22.7 Å². The molecule has 0 saturated heterocycles. The largest absolute Gasteiger partial charge is 0.488 e. The number of rotatable bonds is 4. The van der Waals surface area contributed by atoms with Crippen LogP contribution >= 0.6 is 0 Å². The Balaban J connectivity index is 2.40. The number of benzene rings is 1. The van der Waals surface area contributed by atoms with Crippen LogP contribution in [0.5, 0.6) is 5.75 Å². The molecule has 2 amide bonds. The van der Waals surface area contributed by atoms with Gasteiger partial charge in [0.25, 0.3) is 0 Å². The number of amides is 2. The van der Waals surface area contributed by atoms with Crippen LogP contribution in [-0.2, 0) is 26.0 Å². The van der Waals surface area contributed by atoms with Crippen LogP contribution in [0.4, 0.5) is 5.69 Å². The van der Waals surface area contributed by atoms with Gasteiger partial charge in [-0.15, -0.1) is 0 Å². The van der Waals surface area contributed by atoms with Crippen molar-refractivity contribution in [3.8, 4) is 5.75 Å². The summed E-state index contributed by atoms with van der Waals surface area (Å²) in [6.07, 6.45) is 0.867. The third-order valence-corrected chi connectivity index (χ3v) is 5.20. The highest BCUT2D eigenvalue weighted by Crippen LogP contribution is 2.28. The van der Waals surface area contributed by atoms with Gasteiger partial charge in [0.1, 0.15) is 11.9 Å². The lowest BCUT2D eigenvalue weighted by atomic mass is 10.0. The molecule has 1 aliphatic rings. The number of fused-ring (bicyclic) bond motifs is 1. The number of hydrogen-bond donors (Lipinski definition) is 1. The van der Waals surface area contributed by atoms with Crippen LogP contribution in [-0.4, -0.2) is 69.6 Å². The molecule has 1 aliphatic heterocycles. The fraction of sp³-hybridized carbons (Fsp3) is 0.556. The van der Waals surface area contributed by atoms with Crippen LogP contribution in [0.3, 0.4) is 0 Å². The van der Waals surface area contributed by atoms with Gasteiger partial charge in [0.05, 0.1) is 19.2 Å². The van der Waals surface area contributed by atoms with E-state index in [0.717, 1.165) is 6.26 Å². The van der Waals surface area contributed by atoms with Gasteiger partial charge in [-0.2, -0.15) is 0 Å². The molecule has 2 atom stereocenters. The summed E-state index contributed by atoms with van der Waals surface area (Å²) in [6.45, 7) is 4.36. The number of nitrogens with one attached hydrogen (secondary N) is 1. The van der Waals surface area contributed by atoms with Crippen LogP contribution in [0, 0.1) is 5.92 Å². The zero-order valence-electron chi connectivity index (χ0n) is 16.4.